The number of aromatic nitrogens is 2. The smallest absolute Gasteiger partial charge is 0.252 e. The first-order valence-electron chi connectivity index (χ1n) is 7.00. The van der Waals surface area contributed by atoms with Gasteiger partial charge in [0.05, 0.1) is 0 Å². The van der Waals surface area contributed by atoms with Crippen LogP contribution in [0.4, 0.5) is 5.82 Å². The van der Waals surface area contributed by atoms with Crippen molar-refractivity contribution in [2.75, 3.05) is 11.9 Å². The number of H-pyrrole nitrogens is 1. The summed E-state index contributed by atoms with van der Waals surface area (Å²) in [5, 5.41) is 3.25. The molecule has 1 fully saturated rings. The number of anilines is 1. The van der Waals surface area contributed by atoms with Gasteiger partial charge in [0.15, 0.2) is 0 Å². The maximum atomic E-state index is 11.5. The Morgan fingerprint density at radius 3 is 2.89 bits per heavy atom. The molecule has 0 amide bonds. The number of hydrogen-bond donors (Lipinski definition) is 2. The molecule has 1 aliphatic carbocycles. The maximum Gasteiger partial charge on any atom is 0.252 e. The van der Waals surface area contributed by atoms with E-state index in [-0.39, 0.29) is 5.56 Å². The molecule has 1 heterocycles. The van der Waals surface area contributed by atoms with Crippen molar-refractivity contribution in [3.05, 3.63) is 22.2 Å². The summed E-state index contributed by atoms with van der Waals surface area (Å²) < 4.78 is 0. The van der Waals surface area contributed by atoms with E-state index >= 15 is 0 Å². The molecule has 100 valence electrons. The fourth-order valence-corrected chi connectivity index (χ4v) is 2.01. The summed E-state index contributed by atoms with van der Waals surface area (Å²) in [7, 11) is 0. The van der Waals surface area contributed by atoms with E-state index in [0.29, 0.717) is 5.92 Å². The summed E-state index contributed by atoms with van der Waals surface area (Å²) in [6.07, 6.45) is 5.92. The lowest BCUT2D eigenvalue weighted by Gasteiger charge is -2.07. The van der Waals surface area contributed by atoms with E-state index in [1.807, 2.05) is 0 Å². The van der Waals surface area contributed by atoms with Crippen molar-refractivity contribution in [3.63, 3.8) is 0 Å². The average molecular weight is 249 g/mol. The Morgan fingerprint density at radius 2 is 2.22 bits per heavy atom. The molecule has 2 rings (SSSR count). The van der Waals surface area contributed by atoms with Gasteiger partial charge in [0, 0.05) is 18.5 Å². The molecule has 4 nitrogen and oxygen atoms in total. The van der Waals surface area contributed by atoms with Crippen LogP contribution in [0.25, 0.3) is 0 Å². The van der Waals surface area contributed by atoms with Crippen LogP contribution >= 0.6 is 0 Å². The lowest BCUT2D eigenvalue weighted by molar-refractivity contribution is 0.544. The summed E-state index contributed by atoms with van der Waals surface area (Å²) in [6, 6.07) is 1.55. The van der Waals surface area contributed by atoms with Crippen LogP contribution < -0.4 is 10.9 Å². The number of hydrogen-bond acceptors (Lipinski definition) is 3. The Labute approximate surface area is 108 Å². The van der Waals surface area contributed by atoms with Crippen LogP contribution in [0, 0.1) is 5.92 Å². The first-order chi connectivity index (χ1) is 8.65. The van der Waals surface area contributed by atoms with Crippen LogP contribution in [-0.2, 0) is 0 Å². The van der Waals surface area contributed by atoms with E-state index in [0.717, 1.165) is 43.4 Å². The van der Waals surface area contributed by atoms with Crippen LogP contribution in [0.1, 0.15) is 57.7 Å². The second kappa shape index (κ2) is 6.03. The predicted octanol–water partition coefficient (Wildman–Crippen LogP) is 2.89. The third-order valence-corrected chi connectivity index (χ3v) is 3.24. The summed E-state index contributed by atoms with van der Waals surface area (Å²) in [6.45, 7) is 5.38. The second-order valence-electron chi connectivity index (χ2n) is 5.61. The number of rotatable bonds is 7. The van der Waals surface area contributed by atoms with Crippen LogP contribution in [0.2, 0.25) is 0 Å². The highest BCUT2D eigenvalue weighted by molar-refractivity contribution is 5.33. The molecule has 0 atom stereocenters. The van der Waals surface area contributed by atoms with Crippen LogP contribution in [0.5, 0.6) is 0 Å². The summed E-state index contributed by atoms with van der Waals surface area (Å²) in [5.74, 6) is 2.84. The predicted molar refractivity (Wildman–Crippen MR) is 74.0 cm³/mol. The average Bonchev–Trinajstić information content (AvgIpc) is 3.11. The maximum absolute atomic E-state index is 11.5. The van der Waals surface area contributed by atoms with Gasteiger partial charge in [-0.15, -0.1) is 0 Å². The Morgan fingerprint density at radius 1 is 1.44 bits per heavy atom. The van der Waals surface area contributed by atoms with Gasteiger partial charge in [-0.25, -0.2) is 4.98 Å². The fourth-order valence-electron chi connectivity index (χ4n) is 2.01. The van der Waals surface area contributed by atoms with Crippen LogP contribution in [0.15, 0.2) is 10.9 Å². The molecule has 1 saturated carbocycles. The Hall–Kier alpha value is -1.32. The standard InChI is InChI=1S/C14H23N3O/c1-10(2)5-3-4-8-15-12-9-13(18)17-14(16-12)11-6-7-11/h9-11H,3-8H2,1-2H3,(H2,15,16,17,18). The minimum atomic E-state index is -0.0448. The lowest BCUT2D eigenvalue weighted by Crippen LogP contribution is -2.14. The van der Waals surface area contributed by atoms with E-state index in [1.165, 1.54) is 12.8 Å². The minimum Gasteiger partial charge on any atom is -0.370 e. The number of aromatic amines is 1. The normalized spacial score (nSPS) is 15.1. The monoisotopic (exact) mass is 249 g/mol. The third-order valence-electron chi connectivity index (χ3n) is 3.24. The van der Waals surface area contributed by atoms with Gasteiger partial charge < -0.3 is 10.3 Å². The summed E-state index contributed by atoms with van der Waals surface area (Å²) in [5.41, 5.74) is -0.0448. The molecule has 0 unspecified atom stereocenters. The van der Waals surface area contributed by atoms with Gasteiger partial charge >= 0.3 is 0 Å². The number of unbranched alkanes of at least 4 members (excludes halogenated alkanes) is 1. The van der Waals surface area contributed by atoms with Gasteiger partial charge in [-0.1, -0.05) is 26.7 Å². The van der Waals surface area contributed by atoms with Gasteiger partial charge in [-0.05, 0) is 25.2 Å². The molecular formula is C14H23N3O. The van der Waals surface area contributed by atoms with Gasteiger partial charge in [0.2, 0.25) is 0 Å². The molecule has 4 heteroatoms. The largest absolute Gasteiger partial charge is 0.370 e. The van der Waals surface area contributed by atoms with Crippen molar-refractivity contribution < 1.29 is 0 Å². The molecule has 0 aliphatic heterocycles. The molecule has 1 aliphatic rings. The highest BCUT2D eigenvalue weighted by atomic mass is 16.1. The van der Waals surface area contributed by atoms with Gasteiger partial charge in [0.1, 0.15) is 11.6 Å². The second-order valence-corrected chi connectivity index (χ2v) is 5.61. The molecule has 2 N–H and O–H groups in total. The fraction of sp³-hybridized carbons (Fsp3) is 0.714. The van der Waals surface area contributed by atoms with Crippen LogP contribution in [0.3, 0.4) is 0 Å². The van der Waals surface area contributed by atoms with E-state index < -0.39 is 0 Å². The SMILES string of the molecule is CC(C)CCCCNc1cc(=O)[nH]c(C2CC2)n1. The van der Waals surface area contributed by atoms with Gasteiger partial charge in [0.25, 0.3) is 5.56 Å². The Bertz CT molecular complexity index is 435. The van der Waals surface area contributed by atoms with Gasteiger partial charge in [-0.3, -0.25) is 4.79 Å². The van der Waals surface area contributed by atoms with Gasteiger partial charge in [-0.2, -0.15) is 0 Å². The molecule has 0 spiro atoms. The zero-order valence-electron chi connectivity index (χ0n) is 11.3. The zero-order chi connectivity index (χ0) is 13.0. The quantitative estimate of drug-likeness (QED) is 0.730. The molecule has 0 radical (unpaired) electrons. The lowest BCUT2D eigenvalue weighted by atomic mass is 10.1. The third kappa shape index (κ3) is 4.17. The highest BCUT2D eigenvalue weighted by Gasteiger charge is 2.26. The minimum absolute atomic E-state index is 0.0448. The zero-order valence-corrected chi connectivity index (χ0v) is 11.3. The van der Waals surface area contributed by atoms with Crippen molar-refractivity contribution in [3.8, 4) is 0 Å². The molecule has 1 aromatic heterocycles. The number of nitrogens with one attached hydrogen (secondary N) is 2. The first-order valence-corrected chi connectivity index (χ1v) is 7.00. The highest BCUT2D eigenvalue weighted by Crippen LogP contribution is 2.37. The van der Waals surface area contributed by atoms with Crippen molar-refractivity contribution in [1.82, 2.24) is 9.97 Å². The summed E-state index contributed by atoms with van der Waals surface area (Å²) in [4.78, 5) is 18.8. The van der Waals surface area contributed by atoms with Crippen molar-refractivity contribution >= 4 is 5.82 Å². The molecule has 0 bridgehead atoms. The molecule has 1 aromatic rings. The topological polar surface area (TPSA) is 57.8 Å². The number of nitrogens with zero attached hydrogens (tertiary/aromatic N) is 1. The molecule has 0 saturated heterocycles. The van der Waals surface area contributed by atoms with E-state index in [9.17, 15) is 4.79 Å². The van der Waals surface area contributed by atoms with Crippen molar-refractivity contribution in [2.45, 2.75) is 51.9 Å². The van der Waals surface area contributed by atoms with Crippen molar-refractivity contribution in [2.24, 2.45) is 5.92 Å². The molecular weight excluding hydrogens is 226 g/mol. The van der Waals surface area contributed by atoms with E-state index in [2.05, 4.69) is 29.1 Å². The van der Waals surface area contributed by atoms with Crippen molar-refractivity contribution in [1.29, 1.82) is 0 Å². The molecule has 18 heavy (non-hydrogen) atoms. The van der Waals surface area contributed by atoms with E-state index in [1.54, 1.807) is 6.07 Å². The van der Waals surface area contributed by atoms with Crippen LogP contribution in [-0.4, -0.2) is 16.5 Å². The molecule has 0 aromatic carbocycles. The Kier molecular flexibility index (Phi) is 4.39. The summed E-state index contributed by atoms with van der Waals surface area (Å²) >= 11 is 0. The Balaban J connectivity index is 1.80. The first kappa shape index (κ1) is 13.1. The van der Waals surface area contributed by atoms with E-state index in [4.69, 9.17) is 0 Å².